The van der Waals surface area contributed by atoms with Gasteiger partial charge in [-0.3, -0.25) is 0 Å². The number of benzene rings is 2. The van der Waals surface area contributed by atoms with Crippen molar-refractivity contribution in [2.75, 3.05) is 45.3 Å². The second kappa shape index (κ2) is 15.0. The number of likely N-dealkylation sites (N-methyl/N-ethyl adjacent to an activating group) is 1. The van der Waals surface area contributed by atoms with Crippen LogP contribution in [0.3, 0.4) is 0 Å². The highest BCUT2D eigenvalue weighted by Gasteiger charge is 2.17. The van der Waals surface area contributed by atoms with E-state index in [1.807, 2.05) is 52.1 Å². The minimum absolute atomic E-state index is 0. The fourth-order valence-corrected chi connectivity index (χ4v) is 3.68. The molecule has 0 unspecified atom stereocenters. The number of rotatable bonds is 8. The number of hydrogen-bond acceptors (Lipinski definition) is 6. The molecule has 35 heavy (non-hydrogen) atoms. The number of fused-ring (bicyclic) bond motifs is 1. The molecule has 0 radical (unpaired) electrons. The largest absolute Gasteiger partial charge is 0.497 e. The Morgan fingerprint density at radius 2 is 1.69 bits per heavy atom. The van der Waals surface area contributed by atoms with E-state index < -0.39 is 0 Å². The van der Waals surface area contributed by atoms with Gasteiger partial charge in [0.1, 0.15) is 23.9 Å². The second-order valence-electron chi connectivity index (χ2n) is 8.14. The Labute approximate surface area is 212 Å². The number of hydrogen-bond donors (Lipinski definition) is 1. The van der Waals surface area contributed by atoms with E-state index in [9.17, 15) is 4.79 Å². The lowest BCUT2D eigenvalue weighted by Crippen LogP contribution is -2.18. The smallest absolute Gasteiger partial charge is 0.129 e. The first-order chi connectivity index (χ1) is 17.0. The van der Waals surface area contributed by atoms with Gasteiger partial charge in [-0.25, -0.2) is 4.98 Å². The summed E-state index contributed by atoms with van der Waals surface area (Å²) in [6.07, 6.45) is 3.15. The average Bonchev–Trinajstić information content (AvgIpc) is 3.44. The van der Waals surface area contributed by atoms with Crippen LogP contribution < -0.4 is 19.7 Å². The molecule has 0 saturated carbocycles. The Bertz CT molecular complexity index is 1050. The van der Waals surface area contributed by atoms with Crippen molar-refractivity contribution in [2.45, 2.75) is 47.0 Å². The monoisotopic (exact) mass is 481 g/mol. The van der Waals surface area contributed by atoms with Gasteiger partial charge in [-0.05, 0) is 69.3 Å². The second-order valence-corrected chi connectivity index (χ2v) is 8.14. The summed E-state index contributed by atoms with van der Waals surface area (Å²) in [5.41, 5.74) is 4.29. The lowest BCUT2D eigenvalue weighted by Gasteiger charge is -2.21. The Morgan fingerprint density at radius 1 is 1.06 bits per heavy atom. The molecular weight excluding hydrogens is 438 g/mol. The van der Waals surface area contributed by atoms with Gasteiger partial charge in [0.15, 0.2) is 0 Å². The molecule has 0 aliphatic carbocycles. The molecule has 6 heteroatoms. The van der Waals surface area contributed by atoms with E-state index in [1.165, 1.54) is 23.9 Å². The molecule has 0 atom stereocenters. The van der Waals surface area contributed by atoms with Crippen LogP contribution >= 0.6 is 0 Å². The third-order valence-corrected chi connectivity index (χ3v) is 5.71. The molecular formula is C29H43N3O3. The van der Waals surface area contributed by atoms with Crippen LogP contribution in [0.1, 0.15) is 48.4 Å². The van der Waals surface area contributed by atoms with Crippen molar-refractivity contribution in [3.8, 4) is 22.8 Å². The highest BCUT2D eigenvalue weighted by atomic mass is 16.5. The summed E-state index contributed by atoms with van der Waals surface area (Å²) in [7, 11) is 3.62. The van der Waals surface area contributed by atoms with Crippen LogP contribution in [0.2, 0.25) is 0 Å². The van der Waals surface area contributed by atoms with E-state index in [0.717, 1.165) is 47.9 Å². The van der Waals surface area contributed by atoms with Gasteiger partial charge in [0.05, 0.1) is 18.3 Å². The van der Waals surface area contributed by atoms with Gasteiger partial charge >= 0.3 is 0 Å². The van der Waals surface area contributed by atoms with Gasteiger partial charge in [-0.2, -0.15) is 0 Å². The van der Waals surface area contributed by atoms with Crippen LogP contribution in [-0.4, -0.2) is 51.2 Å². The molecule has 1 fully saturated rings. The maximum Gasteiger partial charge on any atom is 0.129 e. The van der Waals surface area contributed by atoms with Gasteiger partial charge in [-0.15, -0.1) is 0 Å². The number of aromatic nitrogens is 1. The fraction of sp³-hybridized carbons (Fsp3) is 0.448. The van der Waals surface area contributed by atoms with Crippen LogP contribution in [0.5, 0.6) is 11.5 Å². The molecule has 4 rings (SSSR count). The summed E-state index contributed by atoms with van der Waals surface area (Å²) in [4.78, 5) is 17.2. The average molecular weight is 482 g/mol. The standard InChI is InChI=1S/C23H27N3O2.C4H8O.C2H6.H2/c1-24-11-14-28-18-7-5-17(6-8-18)21-16-23(26-12-3-4-13-26)20-10-9-19(27-2)15-22(20)25-21;1-3-4(2)5;1-2;/h5-10,15-16,24H,3-4,11-14H2,1-2H3;3H2,1-2H3;1-2H3;1H. The Morgan fingerprint density at radius 3 is 2.26 bits per heavy atom. The Balaban J connectivity index is 0.000000726. The SMILES string of the molecule is CC.CCC(C)=O.CNCCOc1ccc(-c2cc(N3CCCC3)c3ccc(OC)cc3n2)cc1.[HH]. The van der Waals surface area contributed by atoms with Crippen molar-refractivity contribution >= 4 is 22.4 Å². The Hall–Kier alpha value is -3.12. The highest BCUT2D eigenvalue weighted by Crippen LogP contribution is 2.34. The van der Waals surface area contributed by atoms with Gasteiger partial charge < -0.3 is 24.5 Å². The van der Waals surface area contributed by atoms with Crippen molar-refractivity contribution in [1.29, 1.82) is 0 Å². The van der Waals surface area contributed by atoms with E-state index in [4.69, 9.17) is 14.5 Å². The zero-order valence-corrected chi connectivity index (χ0v) is 22.2. The van der Waals surface area contributed by atoms with Crippen molar-refractivity contribution in [2.24, 2.45) is 0 Å². The van der Waals surface area contributed by atoms with Crippen LogP contribution in [-0.2, 0) is 4.79 Å². The van der Waals surface area contributed by atoms with Crippen LogP contribution in [0.4, 0.5) is 5.69 Å². The molecule has 1 aliphatic heterocycles. The van der Waals surface area contributed by atoms with E-state index >= 15 is 0 Å². The van der Waals surface area contributed by atoms with E-state index in [2.05, 4.69) is 34.5 Å². The van der Waals surface area contributed by atoms with Gasteiger partial charge in [0.2, 0.25) is 0 Å². The Kier molecular flexibility index (Phi) is 12.0. The number of ether oxygens (including phenoxy) is 2. The first-order valence-corrected chi connectivity index (χ1v) is 12.7. The van der Waals surface area contributed by atoms with Gasteiger partial charge in [0, 0.05) is 50.2 Å². The number of carbonyl (C=O) groups is 1. The molecule has 2 aromatic carbocycles. The maximum absolute atomic E-state index is 9.81. The lowest BCUT2D eigenvalue weighted by atomic mass is 10.1. The molecule has 1 N–H and O–H groups in total. The number of Topliss-reactive ketones (excluding diaryl/α,β-unsaturated/α-hetero) is 1. The fourth-order valence-electron chi connectivity index (χ4n) is 3.68. The molecule has 0 bridgehead atoms. The van der Waals surface area contributed by atoms with Crippen LogP contribution in [0.25, 0.3) is 22.2 Å². The number of pyridine rings is 1. The highest BCUT2D eigenvalue weighted by molar-refractivity contribution is 5.95. The summed E-state index contributed by atoms with van der Waals surface area (Å²) in [5, 5.41) is 4.26. The van der Waals surface area contributed by atoms with Crippen molar-refractivity contribution in [3.05, 3.63) is 48.5 Å². The zero-order valence-electron chi connectivity index (χ0n) is 22.2. The molecule has 0 spiro atoms. The van der Waals surface area contributed by atoms with Crippen molar-refractivity contribution in [3.63, 3.8) is 0 Å². The number of methoxy groups -OCH3 is 1. The molecule has 1 aromatic heterocycles. The summed E-state index contributed by atoms with van der Waals surface area (Å²) in [5.74, 6) is 1.96. The maximum atomic E-state index is 9.81. The molecule has 6 nitrogen and oxygen atoms in total. The number of anilines is 1. The number of carbonyl (C=O) groups excluding carboxylic acids is 1. The molecule has 0 amide bonds. The van der Waals surface area contributed by atoms with Crippen molar-refractivity contribution < 1.29 is 15.7 Å². The molecule has 1 aliphatic rings. The zero-order chi connectivity index (χ0) is 25.6. The van der Waals surface area contributed by atoms with E-state index in [-0.39, 0.29) is 7.21 Å². The normalized spacial score (nSPS) is 12.3. The summed E-state index contributed by atoms with van der Waals surface area (Å²) < 4.78 is 11.2. The number of nitrogens with zero attached hydrogens (tertiary/aromatic N) is 2. The molecule has 1 saturated heterocycles. The topological polar surface area (TPSA) is 63.7 Å². The van der Waals surface area contributed by atoms with E-state index in [1.54, 1.807) is 14.0 Å². The molecule has 192 valence electrons. The molecule has 3 aromatic rings. The first kappa shape index (κ1) is 28.1. The summed E-state index contributed by atoms with van der Waals surface area (Å²) >= 11 is 0. The van der Waals surface area contributed by atoms with Crippen LogP contribution in [0, 0.1) is 0 Å². The predicted octanol–water partition coefficient (Wildman–Crippen LogP) is 6.37. The van der Waals surface area contributed by atoms with Crippen LogP contribution in [0.15, 0.2) is 48.5 Å². The van der Waals surface area contributed by atoms with E-state index in [0.29, 0.717) is 13.0 Å². The summed E-state index contributed by atoms with van der Waals surface area (Å²) in [6.45, 7) is 11.1. The third kappa shape index (κ3) is 8.25. The van der Waals surface area contributed by atoms with Gasteiger partial charge in [-0.1, -0.05) is 20.8 Å². The third-order valence-electron chi connectivity index (χ3n) is 5.71. The quantitative estimate of drug-likeness (QED) is 0.377. The first-order valence-electron chi connectivity index (χ1n) is 12.7. The lowest BCUT2D eigenvalue weighted by molar-refractivity contribution is -0.116. The number of ketones is 1. The minimum atomic E-state index is 0. The van der Waals surface area contributed by atoms with Crippen molar-refractivity contribution in [1.82, 2.24) is 10.3 Å². The number of nitrogens with one attached hydrogen (secondary N) is 1. The van der Waals surface area contributed by atoms with Gasteiger partial charge in [0.25, 0.3) is 0 Å². The summed E-state index contributed by atoms with van der Waals surface area (Å²) in [6, 6.07) is 16.6. The predicted molar refractivity (Wildman–Crippen MR) is 149 cm³/mol. The minimum Gasteiger partial charge on any atom is -0.497 e. The molecule has 2 heterocycles.